The molecule has 3 nitrogen and oxygen atoms in total. The number of rotatable bonds is 3. The number of benzene rings is 2. The Morgan fingerprint density at radius 2 is 1.88 bits per heavy atom. The molecule has 1 heterocycles. The molecule has 6 heteroatoms. The molecule has 0 spiro atoms. The number of amides is 1. The van der Waals surface area contributed by atoms with Crippen LogP contribution >= 0.6 is 22.9 Å². The number of halogens is 2. The Kier molecular flexibility index (Phi) is 4.21. The predicted octanol–water partition coefficient (Wildman–Crippen LogP) is 5.54. The van der Waals surface area contributed by atoms with E-state index in [2.05, 4.69) is 10.3 Å². The maximum Gasteiger partial charge on any atom is 0.236 e. The van der Waals surface area contributed by atoms with Crippen LogP contribution in [0.25, 0.3) is 10.2 Å². The topological polar surface area (TPSA) is 42.0 Å². The van der Waals surface area contributed by atoms with Gasteiger partial charge in [0.25, 0.3) is 0 Å². The maximum absolute atomic E-state index is 13.8. The molecule has 1 fully saturated rings. The number of hydrogen-bond acceptors (Lipinski definition) is 3. The Bertz CT molecular complexity index is 932. The van der Waals surface area contributed by atoms with Crippen molar-refractivity contribution in [3.05, 3.63) is 58.9 Å². The highest BCUT2D eigenvalue weighted by atomic mass is 35.5. The third-order valence-electron chi connectivity index (χ3n) is 4.88. The summed E-state index contributed by atoms with van der Waals surface area (Å²) in [6, 6.07) is 12.3. The highest BCUT2D eigenvalue weighted by molar-refractivity contribution is 7.22. The number of anilines is 1. The molecule has 2 aromatic carbocycles. The first-order chi connectivity index (χ1) is 12.1. The molecular weight excluding hydrogens is 359 g/mol. The first kappa shape index (κ1) is 16.5. The fraction of sp³-hybridized carbons (Fsp3) is 0.263. The number of aromatic nitrogens is 1. The van der Waals surface area contributed by atoms with E-state index in [9.17, 15) is 9.18 Å². The summed E-state index contributed by atoms with van der Waals surface area (Å²) in [6.07, 6.45) is 3.59. The molecule has 1 N–H and O–H groups in total. The summed E-state index contributed by atoms with van der Waals surface area (Å²) in [4.78, 5) is 17.4. The van der Waals surface area contributed by atoms with E-state index in [4.69, 9.17) is 11.6 Å². The average molecular weight is 375 g/mol. The lowest BCUT2D eigenvalue weighted by molar-refractivity contribution is -0.121. The molecule has 3 aromatic rings. The minimum atomic E-state index is -0.568. The van der Waals surface area contributed by atoms with Crippen LogP contribution in [0.15, 0.2) is 42.5 Å². The van der Waals surface area contributed by atoms with Gasteiger partial charge in [0, 0.05) is 5.02 Å². The van der Waals surface area contributed by atoms with Crippen LogP contribution in [0.5, 0.6) is 0 Å². The molecule has 128 valence electrons. The number of para-hydroxylation sites is 1. The van der Waals surface area contributed by atoms with Crippen LogP contribution in [0.2, 0.25) is 5.02 Å². The lowest BCUT2D eigenvalue weighted by Crippen LogP contribution is -2.37. The minimum absolute atomic E-state index is 0.0770. The van der Waals surface area contributed by atoms with Gasteiger partial charge in [0.2, 0.25) is 5.91 Å². The van der Waals surface area contributed by atoms with Crippen molar-refractivity contribution in [2.45, 2.75) is 31.1 Å². The van der Waals surface area contributed by atoms with Crippen LogP contribution in [-0.2, 0) is 10.2 Å². The summed E-state index contributed by atoms with van der Waals surface area (Å²) in [6.45, 7) is 0. The molecule has 0 unspecified atom stereocenters. The second-order valence-electron chi connectivity index (χ2n) is 6.36. The second kappa shape index (κ2) is 6.39. The molecule has 0 saturated heterocycles. The Labute approximate surface area is 153 Å². The Hall–Kier alpha value is -1.98. The number of thiazole rings is 1. The zero-order chi connectivity index (χ0) is 17.4. The average Bonchev–Trinajstić information content (AvgIpc) is 3.24. The molecule has 1 aliphatic rings. The Morgan fingerprint density at radius 3 is 2.56 bits per heavy atom. The van der Waals surface area contributed by atoms with Crippen molar-refractivity contribution in [2.75, 3.05) is 5.32 Å². The number of fused-ring (bicyclic) bond motifs is 1. The van der Waals surface area contributed by atoms with Gasteiger partial charge in [-0.2, -0.15) is 0 Å². The highest BCUT2D eigenvalue weighted by Crippen LogP contribution is 2.42. The summed E-state index contributed by atoms with van der Waals surface area (Å²) in [7, 11) is 0. The SMILES string of the molecule is O=C(Nc1nc2c(F)cccc2s1)C1(c2ccc(Cl)cc2)CCCC1. The lowest BCUT2D eigenvalue weighted by Gasteiger charge is -2.27. The van der Waals surface area contributed by atoms with E-state index in [0.29, 0.717) is 15.7 Å². The summed E-state index contributed by atoms with van der Waals surface area (Å²) < 4.78 is 14.6. The van der Waals surface area contributed by atoms with Crippen molar-refractivity contribution in [2.24, 2.45) is 0 Å². The van der Waals surface area contributed by atoms with E-state index in [1.807, 2.05) is 24.3 Å². The number of nitrogens with zero attached hydrogens (tertiary/aromatic N) is 1. The Balaban J connectivity index is 1.67. The van der Waals surface area contributed by atoms with Crippen LogP contribution in [0.3, 0.4) is 0 Å². The fourth-order valence-electron chi connectivity index (χ4n) is 3.58. The maximum atomic E-state index is 13.8. The smallest absolute Gasteiger partial charge is 0.236 e. The van der Waals surface area contributed by atoms with E-state index in [1.165, 1.54) is 17.4 Å². The van der Waals surface area contributed by atoms with Gasteiger partial charge in [0.1, 0.15) is 11.3 Å². The first-order valence-corrected chi connectivity index (χ1v) is 9.40. The normalized spacial score (nSPS) is 16.2. The van der Waals surface area contributed by atoms with Gasteiger partial charge in [0.05, 0.1) is 10.1 Å². The van der Waals surface area contributed by atoms with E-state index >= 15 is 0 Å². The van der Waals surface area contributed by atoms with E-state index in [1.54, 1.807) is 12.1 Å². The summed E-state index contributed by atoms with van der Waals surface area (Å²) in [5.74, 6) is -0.450. The molecule has 1 amide bonds. The van der Waals surface area contributed by atoms with Crippen LogP contribution in [0, 0.1) is 5.82 Å². The molecule has 0 atom stereocenters. The van der Waals surface area contributed by atoms with Crippen molar-refractivity contribution in [1.82, 2.24) is 4.98 Å². The number of hydrogen-bond donors (Lipinski definition) is 1. The van der Waals surface area contributed by atoms with Crippen LogP contribution in [0.1, 0.15) is 31.2 Å². The standard InChI is InChI=1S/C19H16ClFN2OS/c20-13-8-6-12(7-9-13)19(10-1-2-11-19)17(24)23-18-22-16-14(21)4-3-5-15(16)25-18/h3-9H,1-2,10-11H2,(H,22,23,24). The molecule has 1 aliphatic carbocycles. The predicted molar refractivity (Wildman–Crippen MR) is 99.8 cm³/mol. The molecule has 1 aromatic heterocycles. The molecule has 25 heavy (non-hydrogen) atoms. The molecule has 4 rings (SSSR count). The van der Waals surface area contributed by atoms with Crippen molar-refractivity contribution < 1.29 is 9.18 Å². The van der Waals surface area contributed by atoms with Gasteiger partial charge < -0.3 is 5.32 Å². The van der Waals surface area contributed by atoms with Crippen LogP contribution in [-0.4, -0.2) is 10.9 Å². The second-order valence-corrected chi connectivity index (χ2v) is 7.82. The van der Waals surface area contributed by atoms with Crippen molar-refractivity contribution in [3.8, 4) is 0 Å². The molecular formula is C19H16ClFN2OS. The lowest BCUT2D eigenvalue weighted by atomic mass is 9.78. The van der Waals surface area contributed by atoms with Gasteiger partial charge in [-0.05, 0) is 42.7 Å². The van der Waals surface area contributed by atoms with Crippen molar-refractivity contribution in [1.29, 1.82) is 0 Å². The molecule has 0 bridgehead atoms. The third kappa shape index (κ3) is 2.92. The Morgan fingerprint density at radius 1 is 1.16 bits per heavy atom. The van der Waals surface area contributed by atoms with E-state index in [-0.39, 0.29) is 11.7 Å². The zero-order valence-corrected chi connectivity index (χ0v) is 15.0. The van der Waals surface area contributed by atoms with Crippen molar-refractivity contribution in [3.63, 3.8) is 0 Å². The molecule has 0 aliphatic heterocycles. The monoisotopic (exact) mass is 374 g/mol. The zero-order valence-electron chi connectivity index (χ0n) is 13.4. The van der Waals surface area contributed by atoms with Gasteiger partial charge in [-0.25, -0.2) is 9.37 Å². The number of carbonyl (C=O) groups is 1. The van der Waals surface area contributed by atoms with Crippen LogP contribution in [0.4, 0.5) is 9.52 Å². The van der Waals surface area contributed by atoms with Gasteiger partial charge >= 0.3 is 0 Å². The van der Waals surface area contributed by atoms with E-state index in [0.717, 1.165) is 35.9 Å². The fourth-order valence-corrected chi connectivity index (χ4v) is 4.58. The van der Waals surface area contributed by atoms with Crippen molar-refractivity contribution >= 4 is 44.2 Å². The largest absolute Gasteiger partial charge is 0.301 e. The molecule has 0 radical (unpaired) electrons. The minimum Gasteiger partial charge on any atom is -0.301 e. The van der Waals surface area contributed by atoms with Gasteiger partial charge in [0.15, 0.2) is 5.13 Å². The van der Waals surface area contributed by atoms with Gasteiger partial charge in [-0.15, -0.1) is 0 Å². The number of nitrogens with one attached hydrogen (secondary N) is 1. The number of carbonyl (C=O) groups excluding carboxylic acids is 1. The summed E-state index contributed by atoms with van der Waals surface area (Å²) >= 11 is 7.28. The van der Waals surface area contributed by atoms with Crippen LogP contribution < -0.4 is 5.32 Å². The van der Waals surface area contributed by atoms with E-state index < -0.39 is 5.41 Å². The quantitative estimate of drug-likeness (QED) is 0.654. The highest BCUT2D eigenvalue weighted by Gasteiger charge is 2.43. The van der Waals surface area contributed by atoms with Gasteiger partial charge in [-0.1, -0.05) is 54.0 Å². The first-order valence-electron chi connectivity index (χ1n) is 8.21. The van der Waals surface area contributed by atoms with Gasteiger partial charge in [-0.3, -0.25) is 4.79 Å². The molecule has 1 saturated carbocycles. The summed E-state index contributed by atoms with van der Waals surface area (Å²) in [5, 5.41) is 4.01. The third-order valence-corrected chi connectivity index (χ3v) is 6.07. The summed E-state index contributed by atoms with van der Waals surface area (Å²) in [5.41, 5.74) is 0.704.